The molecule has 2 aromatic heterocycles. The SMILES string of the molecule is CONC(c1cccs1)c1ccc(Cl)s1. The molecule has 1 N–H and O–H groups in total. The summed E-state index contributed by atoms with van der Waals surface area (Å²) in [5.74, 6) is 0. The highest BCUT2D eigenvalue weighted by Gasteiger charge is 2.16. The first-order valence-corrected chi connectivity index (χ1v) is 6.46. The van der Waals surface area contributed by atoms with Gasteiger partial charge in [0.05, 0.1) is 11.4 Å². The number of rotatable bonds is 4. The predicted molar refractivity (Wildman–Crippen MR) is 65.6 cm³/mol. The van der Waals surface area contributed by atoms with Crippen molar-refractivity contribution in [2.45, 2.75) is 6.04 Å². The molecule has 15 heavy (non-hydrogen) atoms. The Kier molecular flexibility index (Phi) is 3.77. The maximum Gasteiger partial charge on any atom is 0.101 e. The third-order valence-corrected chi connectivity index (χ3v) is 4.18. The van der Waals surface area contributed by atoms with Gasteiger partial charge in [-0.3, -0.25) is 0 Å². The molecule has 0 fully saturated rings. The van der Waals surface area contributed by atoms with Crippen LogP contribution in [0.4, 0.5) is 0 Å². The minimum atomic E-state index is 0.0764. The van der Waals surface area contributed by atoms with Crippen molar-refractivity contribution in [3.8, 4) is 0 Å². The van der Waals surface area contributed by atoms with Crippen LogP contribution in [0.1, 0.15) is 15.8 Å². The molecule has 0 spiro atoms. The molecule has 2 heterocycles. The maximum atomic E-state index is 5.92. The molecule has 0 amide bonds. The molecule has 0 aromatic carbocycles. The Balaban J connectivity index is 2.27. The van der Waals surface area contributed by atoms with E-state index in [-0.39, 0.29) is 6.04 Å². The molecule has 0 bridgehead atoms. The summed E-state index contributed by atoms with van der Waals surface area (Å²) in [6.45, 7) is 0. The zero-order valence-corrected chi connectivity index (χ0v) is 10.5. The van der Waals surface area contributed by atoms with Gasteiger partial charge in [0.25, 0.3) is 0 Å². The summed E-state index contributed by atoms with van der Waals surface area (Å²) < 4.78 is 0.796. The first kappa shape index (κ1) is 11.1. The molecule has 0 aliphatic carbocycles. The standard InChI is InChI=1S/C10H10ClNOS2/c1-13-12-10(7-3-2-6-14-7)8-4-5-9(11)15-8/h2-6,10,12H,1H3. The summed E-state index contributed by atoms with van der Waals surface area (Å²) in [6, 6.07) is 8.10. The first-order chi connectivity index (χ1) is 7.31. The third-order valence-electron chi connectivity index (χ3n) is 1.94. The number of hydrogen-bond acceptors (Lipinski definition) is 4. The summed E-state index contributed by atoms with van der Waals surface area (Å²) in [5, 5.41) is 2.05. The number of nitrogens with one attached hydrogen (secondary N) is 1. The van der Waals surface area contributed by atoms with Crippen molar-refractivity contribution in [2.24, 2.45) is 0 Å². The summed E-state index contributed by atoms with van der Waals surface area (Å²) >= 11 is 9.18. The second-order valence-electron chi connectivity index (χ2n) is 2.91. The second kappa shape index (κ2) is 5.09. The lowest BCUT2D eigenvalue weighted by Crippen LogP contribution is -2.19. The van der Waals surface area contributed by atoms with E-state index in [0.29, 0.717) is 0 Å². The summed E-state index contributed by atoms with van der Waals surface area (Å²) in [6.07, 6.45) is 0. The van der Waals surface area contributed by atoms with E-state index < -0.39 is 0 Å². The van der Waals surface area contributed by atoms with E-state index in [9.17, 15) is 0 Å². The lowest BCUT2D eigenvalue weighted by Gasteiger charge is -2.13. The molecule has 0 saturated heterocycles. The highest BCUT2D eigenvalue weighted by molar-refractivity contribution is 7.16. The molecular formula is C10H10ClNOS2. The van der Waals surface area contributed by atoms with E-state index in [1.807, 2.05) is 18.2 Å². The van der Waals surface area contributed by atoms with E-state index in [1.54, 1.807) is 29.8 Å². The van der Waals surface area contributed by atoms with Crippen molar-refractivity contribution >= 4 is 34.3 Å². The number of thiophene rings is 2. The predicted octanol–water partition coefficient (Wildman–Crippen LogP) is 3.70. The molecule has 0 aliphatic heterocycles. The Morgan fingerprint density at radius 2 is 2.20 bits per heavy atom. The molecule has 2 aromatic rings. The Morgan fingerprint density at radius 3 is 2.73 bits per heavy atom. The third kappa shape index (κ3) is 2.59. The molecular weight excluding hydrogens is 250 g/mol. The molecule has 0 aliphatic rings. The molecule has 1 unspecified atom stereocenters. The van der Waals surface area contributed by atoms with E-state index in [2.05, 4.69) is 16.9 Å². The van der Waals surface area contributed by atoms with Crippen LogP contribution in [0.3, 0.4) is 0 Å². The van der Waals surface area contributed by atoms with E-state index >= 15 is 0 Å². The quantitative estimate of drug-likeness (QED) is 0.846. The molecule has 80 valence electrons. The molecule has 0 radical (unpaired) electrons. The molecule has 5 heteroatoms. The van der Waals surface area contributed by atoms with Gasteiger partial charge >= 0.3 is 0 Å². The van der Waals surface area contributed by atoms with Gasteiger partial charge in [-0.25, -0.2) is 0 Å². The fourth-order valence-corrected chi connectivity index (χ4v) is 3.29. The average molecular weight is 260 g/mol. The van der Waals surface area contributed by atoms with Crippen LogP contribution in [-0.2, 0) is 4.84 Å². The lowest BCUT2D eigenvalue weighted by atomic mass is 10.2. The molecule has 2 nitrogen and oxygen atoms in total. The van der Waals surface area contributed by atoms with Crippen molar-refractivity contribution in [3.05, 3.63) is 43.7 Å². The van der Waals surface area contributed by atoms with Gasteiger partial charge in [-0.1, -0.05) is 17.7 Å². The smallest absolute Gasteiger partial charge is 0.101 e. The minimum absolute atomic E-state index is 0.0764. The zero-order chi connectivity index (χ0) is 10.7. The highest BCUT2D eigenvalue weighted by atomic mass is 35.5. The molecule has 2 rings (SSSR count). The van der Waals surface area contributed by atoms with Gasteiger partial charge in [0.1, 0.15) is 6.04 Å². The zero-order valence-electron chi connectivity index (χ0n) is 8.07. The number of hydrogen-bond donors (Lipinski definition) is 1. The van der Waals surface area contributed by atoms with Crippen LogP contribution in [0.2, 0.25) is 4.34 Å². The van der Waals surface area contributed by atoms with Crippen LogP contribution < -0.4 is 5.48 Å². The van der Waals surface area contributed by atoms with Crippen LogP contribution in [0, 0.1) is 0 Å². The summed E-state index contributed by atoms with van der Waals surface area (Å²) in [7, 11) is 1.62. The van der Waals surface area contributed by atoms with Gasteiger partial charge in [-0.15, -0.1) is 22.7 Å². The fraction of sp³-hybridized carbons (Fsp3) is 0.200. The second-order valence-corrected chi connectivity index (χ2v) is 5.64. The minimum Gasteiger partial charge on any atom is -0.304 e. The van der Waals surface area contributed by atoms with Crippen LogP contribution in [-0.4, -0.2) is 7.11 Å². The van der Waals surface area contributed by atoms with Gasteiger partial charge in [-0.05, 0) is 23.6 Å². The van der Waals surface area contributed by atoms with Crippen molar-refractivity contribution in [3.63, 3.8) is 0 Å². The topological polar surface area (TPSA) is 21.3 Å². The maximum absolute atomic E-state index is 5.92. The first-order valence-electron chi connectivity index (χ1n) is 4.38. The van der Waals surface area contributed by atoms with E-state index in [4.69, 9.17) is 16.4 Å². The lowest BCUT2D eigenvalue weighted by molar-refractivity contribution is 0.0734. The van der Waals surface area contributed by atoms with Crippen LogP contribution in [0.25, 0.3) is 0 Å². The summed E-state index contributed by atoms with van der Waals surface area (Å²) in [4.78, 5) is 7.39. The highest BCUT2D eigenvalue weighted by Crippen LogP contribution is 2.32. The van der Waals surface area contributed by atoms with Crippen LogP contribution in [0.5, 0.6) is 0 Å². The van der Waals surface area contributed by atoms with Crippen LogP contribution >= 0.6 is 34.3 Å². The van der Waals surface area contributed by atoms with Crippen LogP contribution in [0.15, 0.2) is 29.6 Å². The van der Waals surface area contributed by atoms with Gasteiger partial charge in [0.2, 0.25) is 0 Å². The number of halogens is 1. The van der Waals surface area contributed by atoms with E-state index in [0.717, 1.165) is 9.21 Å². The molecule has 0 saturated carbocycles. The van der Waals surface area contributed by atoms with Crippen molar-refractivity contribution < 1.29 is 4.84 Å². The van der Waals surface area contributed by atoms with Crippen molar-refractivity contribution in [1.29, 1.82) is 0 Å². The average Bonchev–Trinajstić information content (AvgIpc) is 2.85. The van der Waals surface area contributed by atoms with Gasteiger partial charge in [-0.2, -0.15) is 5.48 Å². The Labute approximate surface area is 101 Å². The van der Waals surface area contributed by atoms with Crippen molar-refractivity contribution in [1.82, 2.24) is 5.48 Å². The summed E-state index contributed by atoms with van der Waals surface area (Å²) in [5.41, 5.74) is 2.98. The fourth-order valence-electron chi connectivity index (χ4n) is 1.31. The number of hydroxylamine groups is 1. The monoisotopic (exact) mass is 259 g/mol. The molecule has 1 atom stereocenters. The van der Waals surface area contributed by atoms with Gasteiger partial charge < -0.3 is 4.84 Å². The van der Waals surface area contributed by atoms with Gasteiger partial charge in [0.15, 0.2) is 0 Å². The van der Waals surface area contributed by atoms with E-state index in [1.165, 1.54) is 4.88 Å². The largest absolute Gasteiger partial charge is 0.304 e. The van der Waals surface area contributed by atoms with Crippen molar-refractivity contribution in [2.75, 3.05) is 7.11 Å². The Hall–Kier alpha value is -0.390. The Bertz CT molecular complexity index is 413. The van der Waals surface area contributed by atoms with Gasteiger partial charge in [0, 0.05) is 9.75 Å². The Morgan fingerprint density at radius 1 is 1.33 bits per heavy atom. The normalized spacial score (nSPS) is 12.9.